The number of nitro benzene ring substituents is 1. The zero-order valence-corrected chi connectivity index (χ0v) is 14.6. The van der Waals surface area contributed by atoms with Crippen LogP contribution in [0.15, 0.2) is 48.5 Å². The number of nitrogens with zero attached hydrogens (tertiary/aromatic N) is 2. The Hall–Kier alpha value is -3.42. The molecule has 2 N–H and O–H groups in total. The number of urea groups is 1. The maximum Gasteiger partial charge on any atom is 0.321 e. The first-order valence-corrected chi connectivity index (χ1v) is 7.92. The minimum atomic E-state index is -0.468. The van der Waals surface area contributed by atoms with Gasteiger partial charge in [0.1, 0.15) is 0 Å². The number of nitro groups is 1. The van der Waals surface area contributed by atoms with E-state index in [2.05, 4.69) is 10.6 Å². The van der Waals surface area contributed by atoms with E-state index >= 15 is 0 Å². The van der Waals surface area contributed by atoms with Gasteiger partial charge in [0.05, 0.1) is 11.3 Å². The lowest BCUT2D eigenvalue weighted by molar-refractivity contribution is -0.384. The number of amides is 3. The molecule has 2 aromatic rings. The molecule has 0 heterocycles. The Balaban J connectivity index is 1.89. The van der Waals surface area contributed by atoms with Crippen molar-refractivity contribution >= 4 is 23.3 Å². The van der Waals surface area contributed by atoms with Crippen molar-refractivity contribution in [3.8, 4) is 0 Å². The molecule has 0 aliphatic rings. The van der Waals surface area contributed by atoms with Gasteiger partial charge in [0.2, 0.25) is 5.91 Å². The molecule has 2 rings (SSSR count). The largest absolute Gasteiger partial charge is 0.352 e. The molecule has 0 aliphatic heterocycles. The van der Waals surface area contributed by atoms with Crippen LogP contribution in [0.3, 0.4) is 0 Å². The summed E-state index contributed by atoms with van der Waals surface area (Å²) >= 11 is 0. The van der Waals surface area contributed by atoms with E-state index in [0.29, 0.717) is 5.69 Å². The fourth-order valence-electron chi connectivity index (χ4n) is 2.18. The average Bonchev–Trinajstić information content (AvgIpc) is 2.60. The van der Waals surface area contributed by atoms with E-state index in [1.807, 2.05) is 0 Å². The molecule has 0 aromatic heterocycles. The van der Waals surface area contributed by atoms with Gasteiger partial charge in [0.15, 0.2) is 0 Å². The standard InChI is InChI=1S/C18H20N4O4/c1-21(2)18(24)20-15-5-3-4-14(10-15)11-17(23)19-12-13-6-8-16(9-7-13)22(25)26/h3-10H,11-12H2,1-2H3,(H,19,23)(H,20,24). The number of hydrogen-bond donors (Lipinski definition) is 2. The number of carbonyl (C=O) groups is 2. The Morgan fingerprint density at radius 3 is 2.38 bits per heavy atom. The second-order valence-electron chi connectivity index (χ2n) is 5.90. The Labute approximate surface area is 151 Å². The molecule has 0 saturated heterocycles. The summed E-state index contributed by atoms with van der Waals surface area (Å²) in [6.45, 7) is 0.286. The van der Waals surface area contributed by atoms with E-state index in [1.165, 1.54) is 17.0 Å². The van der Waals surface area contributed by atoms with Gasteiger partial charge in [-0.1, -0.05) is 24.3 Å². The third-order valence-electron chi connectivity index (χ3n) is 3.59. The minimum absolute atomic E-state index is 0.0108. The molecule has 8 nitrogen and oxygen atoms in total. The van der Waals surface area contributed by atoms with Crippen LogP contribution in [0, 0.1) is 10.1 Å². The molecule has 8 heteroatoms. The highest BCUT2D eigenvalue weighted by Gasteiger charge is 2.08. The van der Waals surface area contributed by atoms with Crippen LogP contribution in [0.25, 0.3) is 0 Å². The molecule has 0 spiro atoms. The molecule has 136 valence electrons. The number of benzene rings is 2. The van der Waals surface area contributed by atoms with Gasteiger partial charge in [-0.3, -0.25) is 14.9 Å². The van der Waals surface area contributed by atoms with Crippen LogP contribution in [0.5, 0.6) is 0 Å². The minimum Gasteiger partial charge on any atom is -0.352 e. The molecule has 0 radical (unpaired) electrons. The predicted octanol–water partition coefficient (Wildman–Crippen LogP) is 2.55. The number of nitrogens with one attached hydrogen (secondary N) is 2. The summed E-state index contributed by atoms with van der Waals surface area (Å²) in [5.74, 6) is -0.181. The molecular formula is C18H20N4O4. The monoisotopic (exact) mass is 356 g/mol. The smallest absolute Gasteiger partial charge is 0.321 e. The summed E-state index contributed by atoms with van der Waals surface area (Å²) in [6.07, 6.45) is 0.165. The van der Waals surface area contributed by atoms with E-state index in [1.54, 1.807) is 50.5 Å². The highest BCUT2D eigenvalue weighted by molar-refractivity contribution is 5.89. The van der Waals surface area contributed by atoms with E-state index < -0.39 is 4.92 Å². The van der Waals surface area contributed by atoms with Crippen molar-refractivity contribution < 1.29 is 14.5 Å². The first-order chi connectivity index (χ1) is 12.3. The summed E-state index contributed by atoms with van der Waals surface area (Å²) in [4.78, 5) is 35.3. The van der Waals surface area contributed by atoms with Crippen molar-refractivity contribution in [1.82, 2.24) is 10.2 Å². The molecule has 0 aliphatic carbocycles. The highest BCUT2D eigenvalue weighted by Crippen LogP contribution is 2.13. The fourth-order valence-corrected chi connectivity index (χ4v) is 2.18. The van der Waals surface area contributed by atoms with Crippen molar-refractivity contribution in [2.24, 2.45) is 0 Å². The third-order valence-corrected chi connectivity index (χ3v) is 3.59. The van der Waals surface area contributed by atoms with Gasteiger partial charge in [0.25, 0.3) is 5.69 Å². The molecule has 0 unspecified atom stereocenters. The zero-order chi connectivity index (χ0) is 19.1. The summed E-state index contributed by atoms with van der Waals surface area (Å²) in [6, 6.07) is 12.8. The number of anilines is 1. The topological polar surface area (TPSA) is 105 Å². The number of non-ortho nitro benzene ring substituents is 1. The summed E-state index contributed by atoms with van der Waals surface area (Å²) in [5.41, 5.74) is 2.17. The molecule has 2 aromatic carbocycles. The highest BCUT2D eigenvalue weighted by atomic mass is 16.6. The van der Waals surface area contributed by atoms with Crippen LogP contribution in [-0.2, 0) is 17.8 Å². The molecule has 0 fully saturated rings. The lowest BCUT2D eigenvalue weighted by Gasteiger charge is -2.12. The van der Waals surface area contributed by atoms with E-state index in [-0.39, 0.29) is 30.6 Å². The number of rotatable bonds is 6. The Morgan fingerprint density at radius 2 is 1.77 bits per heavy atom. The fraction of sp³-hybridized carbons (Fsp3) is 0.222. The van der Waals surface area contributed by atoms with Crippen LogP contribution in [0.2, 0.25) is 0 Å². The van der Waals surface area contributed by atoms with E-state index in [4.69, 9.17) is 0 Å². The Morgan fingerprint density at radius 1 is 1.08 bits per heavy atom. The summed E-state index contributed by atoms with van der Waals surface area (Å²) in [7, 11) is 3.29. The van der Waals surface area contributed by atoms with Gasteiger partial charge in [-0.2, -0.15) is 0 Å². The Bertz CT molecular complexity index is 803. The second-order valence-corrected chi connectivity index (χ2v) is 5.90. The van der Waals surface area contributed by atoms with Crippen molar-refractivity contribution in [2.75, 3.05) is 19.4 Å². The van der Waals surface area contributed by atoms with Crippen molar-refractivity contribution in [3.63, 3.8) is 0 Å². The zero-order valence-electron chi connectivity index (χ0n) is 14.6. The van der Waals surface area contributed by atoms with E-state index in [0.717, 1.165) is 11.1 Å². The van der Waals surface area contributed by atoms with Crippen LogP contribution in [0.4, 0.5) is 16.2 Å². The lowest BCUT2D eigenvalue weighted by Crippen LogP contribution is -2.27. The van der Waals surface area contributed by atoms with Crippen molar-refractivity contribution in [1.29, 1.82) is 0 Å². The maximum absolute atomic E-state index is 12.1. The lowest BCUT2D eigenvalue weighted by atomic mass is 10.1. The van der Waals surface area contributed by atoms with Crippen LogP contribution >= 0.6 is 0 Å². The molecule has 3 amide bonds. The number of carbonyl (C=O) groups excluding carboxylic acids is 2. The molecule has 0 saturated carbocycles. The molecule has 26 heavy (non-hydrogen) atoms. The molecule has 0 atom stereocenters. The SMILES string of the molecule is CN(C)C(=O)Nc1cccc(CC(=O)NCc2ccc([N+](=O)[O-])cc2)c1. The molecular weight excluding hydrogens is 336 g/mol. The predicted molar refractivity (Wildman–Crippen MR) is 97.8 cm³/mol. The van der Waals surface area contributed by atoms with Crippen LogP contribution in [0.1, 0.15) is 11.1 Å². The number of hydrogen-bond acceptors (Lipinski definition) is 4. The van der Waals surface area contributed by atoms with E-state index in [9.17, 15) is 19.7 Å². The van der Waals surface area contributed by atoms with Gasteiger partial charge in [-0.15, -0.1) is 0 Å². The first kappa shape index (κ1) is 18.9. The second kappa shape index (κ2) is 8.61. The summed E-state index contributed by atoms with van der Waals surface area (Å²) in [5, 5.41) is 16.1. The van der Waals surface area contributed by atoms with Gasteiger partial charge in [-0.05, 0) is 23.3 Å². The van der Waals surface area contributed by atoms with Crippen LogP contribution < -0.4 is 10.6 Å². The van der Waals surface area contributed by atoms with Crippen LogP contribution in [-0.4, -0.2) is 35.9 Å². The quantitative estimate of drug-likeness (QED) is 0.613. The third kappa shape index (κ3) is 5.59. The van der Waals surface area contributed by atoms with Gasteiger partial charge in [-0.25, -0.2) is 4.79 Å². The maximum atomic E-state index is 12.1. The van der Waals surface area contributed by atoms with Gasteiger partial charge < -0.3 is 15.5 Å². The normalized spacial score (nSPS) is 10.1. The van der Waals surface area contributed by atoms with Crippen molar-refractivity contribution in [2.45, 2.75) is 13.0 Å². The Kier molecular flexibility index (Phi) is 6.26. The average molecular weight is 356 g/mol. The van der Waals surface area contributed by atoms with Crippen molar-refractivity contribution in [3.05, 3.63) is 69.8 Å². The van der Waals surface area contributed by atoms with Gasteiger partial charge >= 0.3 is 6.03 Å². The summed E-state index contributed by atoms with van der Waals surface area (Å²) < 4.78 is 0. The first-order valence-electron chi connectivity index (χ1n) is 7.92. The molecule has 0 bridgehead atoms. The van der Waals surface area contributed by atoms with Gasteiger partial charge in [0, 0.05) is 38.5 Å².